The summed E-state index contributed by atoms with van der Waals surface area (Å²) >= 11 is 13.4. The highest BCUT2D eigenvalue weighted by atomic mass is 35.5. The van der Waals surface area contributed by atoms with Crippen LogP contribution in [-0.2, 0) is 34.5 Å². The molecule has 0 radical (unpaired) electrons. The van der Waals surface area contributed by atoms with Crippen LogP contribution in [0.4, 0.5) is 23.2 Å². The number of carbonyl (C=O) groups excluding carboxylic acids is 1. The van der Waals surface area contributed by atoms with Crippen LogP contribution in [0.25, 0.3) is 10.6 Å². The number of halogens is 6. The van der Waals surface area contributed by atoms with Crippen LogP contribution in [0.2, 0.25) is 10.0 Å². The molecule has 1 amide bonds. The van der Waals surface area contributed by atoms with Gasteiger partial charge in [-0.15, -0.1) is 11.3 Å². The van der Waals surface area contributed by atoms with Crippen LogP contribution in [0.3, 0.4) is 0 Å². The Bertz CT molecular complexity index is 1970. The number of hydrogen-bond donors (Lipinski definition) is 0. The Morgan fingerprint density at radius 1 is 0.942 bits per heavy atom. The Hall–Kier alpha value is -3.01. The maximum atomic E-state index is 14.1. The van der Waals surface area contributed by atoms with Crippen LogP contribution in [0.15, 0.2) is 64.9 Å². The maximum absolute atomic E-state index is 14.1. The maximum Gasteiger partial charge on any atom is 0.435 e. The number of aromatic nitrogens is 2. The lowest BCUT2D eigenvalue weighted by Gasteiger charge is -2.35. The fourth-order valence-corrected chi connectivity index (χ4v) is 10.2. The Balaban J connectivity index is 1.06. The summed E-state index contributed by atoms with van der Waals surface area (Å²) in [4.78, 5) is 18.5. The second-order valence-electron chi connectivity index (χ2n) is 13.4. The molecule has 0 N–H and O–H groups in total. The van der Waals surface area contributed by atoms with Crippen LogP contribution >= 0.6 is 34.5 Å². The summed E-state index contributed by atoms with van der Waals surface area (Å²) in [5, 5.41) is 4.23. The van der Waals surface area contributed by atoms with Gasteiger partial charge in [-0.1, -0.05) is 35.3 Å². The third-order valence-electron chi connectivity index (χ3n) is 9.88. The summed E-state index contributed by atoms with van der Waals surface area (Å²) in [5.74, 6) is -0.213. The zero-order chi connectivity index (χ0) is 37.2. The molecule has 0 aliphatic carbocycles. The van der Waals surface area contributed by atoms with Gasteiger partial charge in [0.25, 0.3) is 10.0 Å². The Kier molecular flexibility index (Phi) is 12.0. The van der Waals surface area contributed by atoms with Crippen LogP contribution in [0, 0.1) is 17.7 Å². The number of carbonyl (C=O) groups is 1. The van der Waals surface area contributed by atoms with Gasteiger partial charge in [0.2, 0.25) is 5.91 Å². The van der Waals surface area contributed by atoms with Gasteiger partial charge in [-0.25, -0.2) is 12.8 Å². The minimum absolute atomic E-state index is 0.0129. The van der Waals surface area contributed by atoms with E-state index in [9.17, 15) is 30.8 Å². The van der Waals surface area contributed by atoms with Crippen LogP contribution < -0.4 is 4.90 Å². The van der Waals surface area contributed by atoms with E-state index < -0.39 is 27.8 Å². The summed E-state index contributed by atoms with van der Waals surface area (Å²) in [7, 11) is -2.57. The number of anilines is 1. The molecule has 4 aromatic rings. The monoisotopic (exact) mass is 799 g/mol. The highest BCUT2D eigenvalue weighted by Crippen LogP contribution is 2.37. The minimum atomic E-state index is -4.62. The average molecular weight is 801 g/mol. The smallest absolute Gasteiger partial charge is 0.312 e. The molecule has 0 spiro atoms. The first-order valence-electron chi connectivity index (χ1n) is 17.1. The Morgan fingerprint density at radius 2 is 1.63 bits per heavy atom. The first-order valence-corrected chi connectivity index (χ1v) is 20.1. The minimum Gasteiger partial charge on any atom is -0.312 e. The third-order valence-corrected chi connectivity index (χ3v) is 14.1. The second-order valence-corrected chi connectivity index (χ2v) is 17.5. The lowest BCUT2D eigenvalue weighted by molar-refractivity contribution is -0.141. The van der Waals surface area contributed by atoms with E-state index in [-0.39, 0.29) is 34.7 Å². The largest absolute Gasteiger partial charge is 0.435 e. The molecule has 0 unspecified atom stereocenters. The first kappa shape index (κ1) is 38.7. The summed E-state index contributed by atoms with van der Waals surface area (Å²) in [5.41, 5.74) is 0.884. The Labute approximate surface area is 315 Å². The zero-order valence-corrected chi connectivity index (χ0v) is 31.6. The van der Waals surface area contributed by atoms with Crippen LogP contribution in [-0.4, -0.2) is 72.6 Å². The number of amides is 1. The van der Waals surface area contributed by atoms with Crippen molar-refractivity contribution >= 4 is 56.2 Å². The van der Waals surface area contributed by atoms with E-state index >= 15 is 0 Å². The van der Waals surface area contributed by atoms with Crippen molar-refractivity contribution in [3.63, 3.8) is 0 Å². The molecule has 2 aromatic heterocycles. The molecule has 8 nitrogen and oxygen atoms in total. The van der Waals surface area contributed by atoms with Crippen molar-refractivity contribution in [3.05, 3.63) is 87.8 Å². The fourth-order valence-electron chi connectivity index (χ4n) is 6.96. The predicted molar refractivity (Wildman–Crippen MR) is 196 cm³/mol. The van der Waals surface area contributed by atoms with Crippen molar-refractivity contribution in [2.75, 3.05) is 44.2 Å². The van der Waals surface area contributed by atoms with Crippen molar-refractivity contribution in [1.29, 1.82) is 0 Å². The van der Waals surface area contributed by atoms with Gasteiger partial charge in [-0.3, -0.25) is 9.48 Å². The molecule has 2 aromatic carbocycles. The number of benzene rings is 2. The van der Waals surface area contributed by atoms with Crippen LogP contribution in [0.1, 0.15) is 43.4 Å². The van der Waals surface area contributed by atoms with Crippen molar-refractivity contribution < 1.29 is 30.8 Å². The normalized spacial score (nSPS) is 17.1. The van der Waals surface area contributed by atoms with E-state index in [0.29, 0.717) is 45.9 Å². The lowest BCUT2D eigenvalue weighted by Crippen LogP contribution is -2.45. The lowest BCUT2D eigenvalue weighted by atomic mass is 9.90. The average Bonchev–Trinajstić information content (AvgIpc) is 3.77. The number of hydrogen-bond acceptors (Lipinski definition) is 6. The van der Waals surface area contributed by atoms with Gasteiger partial charge >= 0.3 is 6.18 Å². The van der Waals surface area contributed by atoms with Crippen molar-refractivity contribution in [2.45, 2.75) is 48.9 Å². The molecular weight excluding hydrogens is 761 g/mol. The molecule has 0 bridgehead atoms. The van der Waals surface area contributed by atoms with E-state index in [2.05, 4.69) is 10.00 Å². The topological polar surface area (TPSA) is 78.8 Å². The molecule has 0 atom stereocenters. The summed E-state index contributed by atoms with van der Waals surface area (Å²) in [6.45, 7) is 3.40. The van der Waals surface area contributed by atoms with E-state index in [0.717, 1.165) is 73.0 Å². The fraction of sp³-hybridized carbons (Fsp3) is 0.444. The molecular formula is C36H39Cl2F4N5O3S2. The summed E-state index contributed by atoms with van der Waals surface area (Å²) in [6, 6.07) is 15.6. The van der Waals surface area contributed by atoms with Gasteiger partial charge in [0.05, 0.1) is 20.6 Å². The molecule has 280 valence electrons. The number of rotatable bonds is 11. The molecule has 6 rings (SSSR count). The van der Waals surface area contributed by atoms with Crippen molar-refractivity contribution in [2.24, 2.45) is 18.9 Å². The predicted octanol–water partition coefficient (Wildman–Crippen LogP) is 8.39. The number of likely N-dealkylation sites (tertiary alicyclic amines) is 1. The molecule has 0 saturated carbocycles. The van der Waals surface area contributed by atoms with E-state index in [1.807, 2.05) is 12.1 Å². The first-order chi connectivity index (χ1) is 24.7. The number of nitrogens with zero attached hydrogens (tertiary/aromatic N) is 5. The highest BCUT2D eigenvalue weighted by Gasteiger charge is 2.37. The van der Waals surface area contributed by atoms with Gasteiger partial charge in [0, 0.05) is 38.3 Å². The number of aryl methyl sites for hydroxylation is 1. The highest BCUT2D eigenvalue weighted by molar-refractivity contribution is 7.91. The van der Waals surface area contributed by atoms with Gasteiger partial charge in [-0.2, -0.15) is 22.6 Å². The molecule has 16 heteroatoms. The van der Waals surface area contributed by atoms with E-state index in [1.54, 1.807) is 23.1 Å². The number of piperidine rings is 2. The van der Waals surface area contributed by atoms with Gasteiger partial charge in [-0.05, 0) is 118 Å². The van der Waals surface area contributed by atoms with Crippen molar-refractivity contribution in [1.82, 2.24) is 19.0 Å². The van der Waals surface area contributed by atoms with E-state index in [1.165, 1.54) is 35.6 Å². The number of thiophene rings is 1. The zero-order valence-electron chi connectivity index (χ0n) is 28.5. The molecule has 2 aliphatic rings. The summed E-state index contributed by atoms with van der Waals surface area (Å²) in [6.07, 6.45) is -0.250. The molecule has 4 heterocycles. The molecule has 2 saturated heterocycles. The molecule has 2 fully saturated rings. The standard InChI is InChI=1S/C36H39Cl2F4N5O3S2/c1-44-31(23-33(43-44)36(40,41)42)32-9-10-34(51-32)52(49,50)46-19-13-26(14-20-46)35(48)47(28-7-8-29(37)30(38)22-28)16-2-15-45-17-11-25(12-18-45)21-24-3-5-27(39)6-4-24/h3-10,22-23,25-26H,2,11-21H2,1H3. The van der Waals surface area contributed by atoms with Gasteiger partial charge < -0.3 is 9.80 Å². The van der Waals surface area contributed by atoms with E-state index in [4.69, 9.17) is 23.2 Å². The molecule has 52 heavy (non-hydrogen) atoms. The SMILES string of the molecule is Cn1nc(C(F)(F)F)cc1-c1ccc(S(=O)(=O)N2CCC(C(=O)N(CCCN3CCC(Cc4ccc(F)cc4)CC3)c3ccc(Cl)c(Cl)c3)CC2)s1. The quantitative estimate of drug-likeness (QED) is 0.143. The van der Waals surface area contributed by atoms with Gasteiger partial charge in [0.1, 0.15) is 10.0 Å². The Morgan fingerprint density at radius 3 is 2.27 bits per heavy atom. The van der Waals surface area contributed by atoms with Gasteiger partial charge in [0.15, 0.2) is 5.69 Å². The van der Waals surface area contributed by atoms with Crippen LogP contribution in [0.5, 0.6) is 0 Å². The van der Waals surface area contributed by atoms with Crippen molar-refractivity contribution in [3.8, 4) is 10.6 Å². The summed E-state index contributed by atoms with van der Waals surface area (Å²) < 4.78 is 82.5. The molecule has 2 aliphatic heterocycles. The second kappa shape index (κ2) is 16.2. The number of sulfonamides is 1. The third kappa shape index (κ3) is 9.02. The number of alkyl halides is 3.